The SMILES string of the molecule is C=CCCOC(=O)N(Cc1ccc(F)cc1)[C@H]1CC(=NOCC)C2=C[C@H](CCCCO)[C@@H](CCCCO)[C@@H]3c4cc(O)ccc4O[C@@]1(OCC=C)[C@H]23. The van der Waals surface area contributed by atoms with Crippen molar-refractivity contribution in [3.8, 4) is 11.5 Å². The van der Waals surface area contributed by atoms with E-state index in [9.17, 15) is 24.5 Å². The number of fused-ring (bicyclic) bond motifs is 2. The summed E-state index contributed by atoms with van der Waals surface area (Å²) in [6.07, 6.45) is 10.1. The molecule has 6 atom stereocenters. The second kappa shape index (κ2) is 18.5. The zero-order valence-electron chi connectivity index (χ0n) is 30.1. The summed E-state index contributed by atoms with van der Waals surface area (Å²) in [5.41, 5.74) is 3.04. The van der Waals surface area contributed by atoms with Crippen molar-refractivity contribution in [3.05, 3.63) is 96.4 Å². The first-order valence-corrected chi connectivity index (χ1v) is 18.5. The fourth-order valence-electron chi connectivity index (χ4n) is 8.20. The molecule has 0 bridgehead atoms. The van der Waals surface area contributed by atoms with Crippen LogP contribution in [0.15, 0.2) is 84.6 Å². The number of carbonyl (C=O) groups is 1. The first-order valence-electron chi connectivity index (χ1n) is 18.5. The molecule has 5 rings (SSSR count). The van der Waals surface area contributed by atoms with Crippen LogP contribution in [-0.4, -0.2) is 76.9 Å². The molecule has 0 aromatic heterocycles. The third kappa shape index (κ3) is 8.54. The lowest BCUT2D eigenvalue weighted by atomic mass is 9.55. The van der Waals surface area contributed by atoms with Crippen molar-refractivity contribution in [3.63, 3.8) is 0 Å². The number of ether oxygens (including phenoxy) is 3. The number of unbranched alkanes of at least 4 members (excludes halogenated alkanes) is 2. The van der Waals surface area contributed by atoms with Crippen LogP contribution in [-0.2, 0) is 20.9 Å². The molecule has 1 saturated carbocycles. The van der Waals surface area contributed by atoms with E-state index in [1.54, 1.807) is 47.4 Å². The van der Waals surface area contributed by atoms with Crippen LogP contribution in [0.3, 0.4) is 0 Å². The highest BCUT2D eigenvalue weighted by molar-refractivity contribution is 6.03. The van der Waals surface area contributed by atoms with Crippen molar-refractivity contribution in [1.82, 2.24) is 4.90 Å². The van der Waals surface area contributed by atoms with Crippen molar-refractivity contribution in [2.75, 3.05) is 33.0 Å². The van der Waals surface area contributed by atoms with E-state index in [4.69, 9.17) is 19.0 Å². The molecule has 0 unspecified atom stereocenters. The number of amides is 1. The van der Waals surface area contributed by atoms with E-state index < -0.39 is 29.7 Å². The highest BCUT2D eigenvalue weighted by Gasteiger charge is 2.65. The van der Waals surface area contributed by atoms with Gasteiger partial charge in [0, 0.05) is 37.7 Å². The monoisotopic (exact) mass is 720 g/mol. The highest BCUT2D eigenvalue weighted by atomic mass is 19.1. The number of allylic oxidation sites excluding steroid dienone is 1. The molecule has 52 heavy (non-hydrogen) atoms. The van der Waals surface area contributed by atoms with E-state index in [1.165, 1.54) is 12.1 Å². The zero-order valence-corrected chi connectivity index (χ0v) is 30.1. The molecular weight excluding hydrogens is 667 g/mol. The number of phenolic OH excluding ortho intramolecular Hbond substituents is 1. The van der Waals surface area contributed by atoms with Gasteiger partial charge in [0.25, 0.3) is 0 Å². The Morgan fingerprint density at radius 3 is 2.52 bits per heavy atom. The summed E-state index contributed by atoms with van der Waals surface area (Å²) in [5.74, 6) is -1.95. The second-order valence-electron chi connectivity index (χ2n) is 13.7. The summed E-state index contributed by atoms with van der Waals surface area (Å²) in [4.78, 5) is 21.6. The van der Waals surface area contributed by atoms with Crippen LogP contribution in [0.5, 0.6) is 11.5 Å². The third-order valence-corrected chi connectivity index (χ3v) is 10.4. The van der Waals surface area contributed by atoms with Gasteiger partial charge in [0.15, 0.2) is 0 Å². The Hall–Kier alpha value is -4.19. The Bertz CT molecular complexity index is 1580. The van der Waals surface area contributed by atoms with Gasteiger partial charge in [-0.3, -0.25) is 4.90 Å². The fraction of sp³-hybridized carbons (Fsp3) is 0.512. The van der Waals surface area contributed by atoms with E-state index >= 15 is 0 Å². The van der Waals surface area contributed by atoms with Gasteiger partial charge in [-0.1, -0.05) is 48.4 Å². The molecule has 11 heteroatoms. The minimum atomic E-state index is -1.48. The normalized spacial score (nSPS) is 25.3. The van der Waals surface area contributed by atoms with Crippen molar-refractivity contribution < 1.29 is 43.6 Å². The predicted octanol–water partition coefficient (Wildman–Crippen LogP) is 7.40. The van der Waals surface area contributed by atoms with Gasteiger partial charge < -0.3 is 34.4 Å². The van der Waals surface area contributed by atoms with E-state index in [0.717, 1.165) is 36.8 Å². The van der Waals surface area contributed by atoms with Crippen LogP contribution in [0, 0.1) is 23.6 Å². The van der Waals surface area contributed by atoms with Crippen molar-refractivity contribution >= 4 is 11.8 Å². The minimum Gasteiger partial charge on any atom is -0.508 e. The summed E-state index contributed by atoms with van der Waals surface area (Å²) in [7, 11) is 0. The average molecular weight is 721 g/mol. The standard InChI is InChI=1S/C41H53FN2O8/c1-4-7-23-49-40(48)44(27-28-14-16-30(42)17-15-28)37-26-35(43-51-6-3)33-24-29(12-8-10-20-45)32(13-9-11-21-46)38-34-25-31(47)18-19-36(34)52-41(37,39(33)38)50-22-5-2/h4-5,14-19,24-25,29,32,37-39,45-47H,1-2,6-13,20-23,26-27H2,3H3/t29-,32+,37-,38+,39+,41+/m0/s1. The fourth-order valence-corrected chi connectivity index (χ4v) is 8.20. The van der Waals surface area contributed by atoms with Crippen molar-refractivity contribution in [2.24, 2.45) is 22.9 Å². The summed E-state index contributed by atoms with van der Waals surface area (Å²) in [5, 5.41) is 35.0. The lowest BCUT2D eigenvalue weighted by Gasteiger charge is -2.59. The lowest BCUT2D eigenvalue weighted by Crippen LogP contribution is -2.70. The molecule has 2 aliphatic carbocycles. The molecule has 2 aromatic carbocycles. The van der Waals surface area contributed by atoms with E-state index in [-0.39, 0.29) is 62.9 Å². The van der Waals surface area contributed by atoms with Gasteiger partial charge in [-0.2, -0.15) is 0 Å². The lowest BCUT2D eigenvalue weighted by molar-refractivity contribution is -0.256. The number of hydrogen-bond acceptors (Lipinski definition) is 9. The van der Waals surface area contributed by atoms with E-state index in [2.05, 4.69) is 24.4 Å². The molecule has 0 spiro atoms. The highest BCUT2D eigenvalue weighted by Crippen LogP contribution is 2.62. The summed E-state index contributed by atoms with van der Waals surface area (Å²) >= 11 is 0. The Labute approximate surface area is 306 Å². The molecule has 1 amide bonds. The maximum atomic E-state index is 14.3. The van der Waals surface area contributed by atoms with Gasteiger partial charge in [-0.25, -0.2) is 9.18 Å². The summed E-state index contributed by atoms with van der Waals surface area (Å²) in [6.45, 7) is 10.3. The molecule has 1 aliphatic heterocycles. The Morgan fingerprint density at radius 1 is 1.08 bits per heavy atom. The quantitative estimate of drug-likeness (QED) is 0.0778. The molecule has 282 valence electrons. The molecular formula is C41H53FN2O8. The number of aromatic hydroxyl groups is 1. The molecule has 10 nitrogen and oxygen atoms in total. The van der Waals surface area contributed by atoms with Crippen LogP contribution in [0.25, 0.3) is 0 Å². The number of aliphatic hydroxyl groups is 2. The predicted molar refractivity (Wildman–Crippen MR) is 196 cm³/mol. The Balaban J connectivity index is 1.76. The number of hydrogen-bond donors (Lipinski definition) is 3. The van der Waals surface area contributed by atoms with Gasteiger partial charge in [-0.05, 0) is 92.3 Å². The Morgan fingerprint density at radius 2 is 1.83 bits per heavy atom. The van der Waals surface area contributed by atoms with Crippen LogP contribution in [0.1, 0.15) is 75.3 Å². The van der Waals surface area contributed by atoms with Gasteiger partial charge in [-0.15, -0.1) is 13.2 Å². The zero-order chi connectivity index (χ0) is 37.1. The van der Waals surface area contributed by atoms with Crippen molar-refractivity contribution in [1.29, 1.82) is 0 Å². The van der Waals surface area contributed by atoms with Crippen LogP contribution in [0.4, 0.5) is 9.18 Å². The third-order valence-electron chi connectivity index (χ3n) is 10.4. The number of halogens is 1. The first-order chi connectivity index (χ1) is 25.3. The van der Waals surface area contributed by atoms with E-state index in [1.807, 2.05) is 6.92 Å². The maximum Gasteiger partial charge on any atom is 0.410 e. The van der Waals surface area contributed by atoms with Gasteiger partial charge >= 0.3 is 6.09 Å². The van der Waals surface area contributed by atoms with Gasteiger partial charge in [0.1, 0.15) is 30.0 Å². The first kappa shape index (κ1) is 39.0. The van der Waals surface area contributed by atoms with Gasteiger partial charge in [0.05, 0.1) is 24.8 Å². The number of carbonyl (C=O) groups excluding carboxylic acids is 1. The number of benzene rings is 2. The number of aliphatic hydroxyl groups excluding tert-OH is 2. The summed E-state index contributed by atoms with van der Waals surface area (Å²) < 4.78 is 33.9. The van der Waals surface area contributed by atoms with Crippen LogP contribution in [0.2, 0.25) is 0 Å². The largest absolute Gasteiger partial charge is 0.508 e. The number of rotatable bonds is 19. The summed E-state index contributed by atoms with van der Waals surface area (Å²) in [6, 6.07) is 10.3. The number of nitrogens with zero attached hydrogens (tertiary/aromatic N) is 2. The Kier molecular flexibility index (Phi) is 13.9. The number of phenols is 1. The molecule has 3 aliphatic rings. The smallest absolute Gasteiger partial charge is 0.410 e. The van der Waals surface area contributed by atoms with Gasteiger partial charge in [0.2, 0.25) is 5.79 Å². The molecule has 1 heterocycles. The van der Waals surface area contributed by atoms with Crippen molar-refractivity contribution in [2.45, 2.75) is 82.6 Å². The molecule has 3 N–H and O–H groups in total. The molecule has 0 radical (unpaired) electrons. The maximum absolute atomic E-state index is 14.3. The topological polar surface area (TPSA) is 130 Å². The average Bonchev–Trinajstić information content (AvgIpc) is 3.14. The van der Waals surface area contributed by atoms with Crippen LogP contribution < -0.4 is 4.74 Å². The molecule has 0 saturated heterocycles. The molecule has 2 aromatic rings. The molecule has 1 fully saturated rings. The van der Waals surface area contributed by atoms with E-state index in [0.29, 0.717) is 42.9 Å². The van der Waals surface area contributed by atoms with Crippen LogP contribution >= 0.6 is 0 Å². The second-order valence-corrected chi connectivity index (χ2v) is 13.7. The minimum absolute atomic E-state index is 0.0207. The number of oxime groups is 1.